The number of hydrogen-bond donors (Lipinski definition) is 1. The first kappa shape index (κ1) is 14.6. The van der Waals surface area contributed by atoms with Gasteiger partial charge in [0.2, 0.25) is 5.88 Å². The van der Waals surface area contributed by atoms with Gasteiger partial charge in [0.1, 0.15) is 6.61 Å². The van der Waals surface area contributed by atoms with Crippen LogP contribution in [-0.2, 0) is 11.3 Å². The molecular weight excluding hydrogens is 324 g/mol. The van der Waals surface area contributed by atoms with E-state index in [1.54, 1.807) is 34.6 Å². The van der Waals surface area contributed by atoms with E-state index in [1.807, 2.05) is 36.9 Å². The molecule has 0 saturated carbocycles. The van der Waals surface area contributed by atoms with E-state index in [0.29, 0.717) is 11.6 Å². The van der Waals surface area contributed by atoms with E-state index in [9.17, 15) is 5.11 Å². The first-order valence-corrected chi connectivity index (χ1v) is 8.11. The lowest BCUT2D eigenvalue weighted by molar-refractivity contribution is 0.277. The molecule has 1 aliphatic heterocycles. The molecule has 1 aromatic carbocycles. The number of amidine groups is 1. The number of thiazole rings is 1. The number of ether oxygens (including phenoxy) is 1. The third-order valence-corrected chi connectivity index (χ3v) is 4.46. The molecule has 0 saturated heterocycles. The monoisotopic (exact) mass is 337 g/mol. The molecule has 119 valence electrons. The quantitative estimate of drug-likeness (QED) is 0.792. The summed E-state index contributed by atoms with van der Waals surface area (Å²) in [5, 5.41) is 10.5. The topological polar surface area (TPSA) is 70.8 Å². The molecule has 0 aliphatic carbocycles. The van der Waals surface area contributed by atoms with Crippen LogP contribution < -0.4 is 4.90 Å². The number of fused-ring (bicyclic) bond motifs is 1. The highest BCUT2D eigenvalue weighted by Crippen LogP contribution is 2.30. The molecule has 1 radical (unpaired) electrons. The van der Waals surface area contributed by atoms with Gasteiger partial charge in [-0.15, -0.1) is 0 Å². The van der Waals surface area contributed by atoms with Crippen LogP contribution in [0.4, 0.5) is 5.13 Å². The second-order valence-electron chi connectivity index (χ2n) is 5.01. The number of aromatic nitrogens is 2. The SMILES string of the molecule is Oc1ncccc1COC1=NC=C[CH]N1c1nc2ccccc2s1. The van der Waals surface area contributed by atoms with E-state index < -0.39 is 0 Å². The van der Waals surface area contributed by atoms with Crippen LogP contribution in [0.15, 0.2) is 59.9 Å². The Balaban J connectivity index is 1.57. The number of benzene rings is 1. The second-order valence-corrected chi connectivity index (χ2v) is 6.02. The van der Waals surface area contributed by atoms with Gasteiger partial charge in [0.15, 0.2) is 5.13 Å². The highest BCUT2D eigenvalue weighted by Gasteiger charge is 2.21. The number of anilines is 1. The fraction of sp³-hybridized carbons (Fsp3) is 0.0588. The Morgan fingerprint density at radius 3 is 2.96 bits per heavy atom. The van der Waals surface area contributed by atoms with Crippen molar-refractivity contribution in [2.75, 3.05) is 4.90 Å². The summed E-state index contributed by atoms with van der Waals surface area (Å²) in [6, 6.07) is 11.9. The predicted octanol–water partition coefficient (Wildman–Crippen LogP) is 3.47. The minimum atomic E-state index is -0.0417. The second kappa shape index (κ2) is 6.29. The normalized spacial score (nSPS) is 14.0. The van der Waals surface area contributed by atoms with Gasteiger partial charge in [-0.05, 0) is 30.3 Å². The van der Waals surface area contributed by atoms with Gasteiger partial charge in [-0.25, -0.2) is 15.0 Å². The third kappa shape index (κ3) is 2.81. The van der Waals surface area contributed by atoms with Crippen LogP contribution in [0, 0.1) is 6.54 Å². The maximum absolute atomic E-state index is 9.74. The van der Waals surface area contributed by atoms with Crippen molar-refractivity contribution < 1.29 is 9.84 Å². The zero-order valence-electron chi connectivity index (χ0n) is 12.5. The molecule has 0 bridgehead atoms. The molecule has 7 heteroatoms. The lowest BCUT2D eigenvalue weighted by Crippen LogP contribution is -2.31. The molecule has 0 amide bonds. The summed E-state index contributed by atoms with van der Waals surface area (Å²) >= 11 is 1.56. The van der Waals surface area contributed by atoms with E-state index >= 15 is 0 Å². The molecule has 24 heavy (non-hydrogen) atoms. The average molecular weight is 337 g/mol. The number of aromatic hydroxyl groups is 1. The summed E-state index contributed by atoms with van der Waals surface area (Å²) in [6.45, 7) is 2.02. The third-order valence-electron chi connectivity index (χ3n) is 3.43. The number of rotatable bonds is 3. The highest BCUT2D eigenvalue weighted by molar-refractivity contribution is 7.22. The lowest BCUT2D eigenvalue weighted by Gasteiger charge is -2.23. The number of nitrogens with zero attached hydrogens (tertiary/aromatic N) is 4. The van der Waals surface area contributed by atoms with E-state index in [4.69, 9.17) is 4.74 Å². The Morgan fingerprint density at radius 1 is 1.17 bits per heavy atom. The summed E-state index contributed by atoms with van der Waals surface area (Å²) < 4.78 is 6.87. The number of para-hydroxylation sites is 1. The molecule has 6 nitrogen and oxygen atoms in total. The highest BCUT2D eigenvalue weighted by atomic mass is 32.1. The van der Waals surface area contributed by atoms with Gasteiger partial charge in [-0.2, -0.15) is 0 Å². The minimum absolute atomic E-state index is 0.0417. The van der Waals surface area contributed by atoms with E-state index in [0.717, 1.165) is 15.3 Å². The summed E-state index contributed by atoms with van der Waals surface area (Å²) in [6.07, 6.45) is 5.00. The van der Waals surface area contributed by atoms with E-state index in [1.165, 1.54) is 6.20 Å². The van der Waals surface area contributed by atoms with Crippen molar-refractivity contribution in [1.82, 2.24) is 9.97 Å². The van der Waals surface area contributed by atoms with Crippen molar-refractivity contribution in [3.05, 3.63) is 67.0 Å². The molecule has 2 aromatic heterocycles. The van der Waals surface area contributed by atoms with E-state index in [-0.39, 0.29) is 12.5 Å². The number of pyridine rings is 1. The Hall–Kier alpha value is -2.93. The van der Waals surface area contributed by atoms with Gasteiger partial charge >= 0.3 is 0 Å². The van der Waals surface area contributed by atoms with Crippen LogP contribution in [0.2, 0.25) is 0 Å². The Bertz CT molecular complexity index is 902. The predicted molar refractivity (Wildman–Crippen MR) is 93.7 cm³/mol. The van der Waals surface area contributed by atoms with Gasteiger partial charge in [-0.1, -0.05) is 23.5 Å². The smallest absolute Gasteiger partial charge is 0.299 e. The number of hydrogen-bond acceptors (Lipinski definition) is 7. The van der Waals surface area contributed by atoms with Crippen LogP contribution in [0.5, 0.6) is 5.88 Å². The lowest BCUT2D eigenvalue weighted by atomic mass is 10.3. The molecule has 0 unspecified atom stereocenters. The molecule has 1 N–H and O–H groups in total. The van der Waals surface area contributed by atoms with Gasteiger partial charge in [0, 0.05) is 12.4 Å². The van der Waals surface area contributed by atoms with Crippen LogP contribution >= 0.6 is 11.3 Å². The van der Waals surface area contributed by atoms with Crippen molar-refractivity contribution in [3.8, 4) is 5.88 Å². The average Bonchev–Trinajstić information content (AvgIpc) is 3.05. The Morgan fingerprint density at radius 2 is 2.08 bits per heavy atom. The van der Waals surface area contributed by atoms with Gasteiger partial charge in [-0.3, -0.25) is 4.90 Å². The molecule has 0 fully saturated rings. The van der Waals surface area contributed by atoms with Crippen LogP contribution in [-0.4, -0.2) is 21.1 Å². The summed E-state index contributed by atoms with van der Waals surface area (Å²) in [5.74, 6) is -0.0417. The van der Waals surface area contributed by atoms with Crippen molar-refractivity contribution in [2.45, 2.75) is 6.61 Å². The maximum Gasteiger partial charge on any atom is 0.299 e. The van der Waals surface area contributed by atoms with Gasteiger partial charge in [0.25, 0.3) is 6.02 Å². The largest absolute Gasteiger partial charge is 0.493 e. The molecule has 3 aromatic rings. The van der Waals surface area contributed by atoms with Crippen LogP contribution in [0.25, 0.3) is 10.2 Å². The zero-order valence-corrected chi connectivity index (χ0v) is 13.3. The molecule has 0 atom stereocenters. The summed E-state index contributed by atoms with van der Waals surface area (Å²) in [5.41, 5.74) is 1.53. The molecule has 4 rings (SSSR count). The maximum atomic E-state index is 9.74. The molecule has 3 heterocycles. The van der Waals surface area contributed by atoms with Crippen LogP contribution in [0.3, 0.4) is 0 Å². The van der Waals surface area contributed by atoms with E-state index in [2.05, 4.69) is 15.0 Å². The standard InChI is InChI=1S/C17H13N4O2S/c22-15-12(5-3-8-18-15)11-23-16-19-9-4-10-21(16)17-20-13-6-1-2-7-14(13)24-17/h1-10H,11H2,(H,18,22). The number of aliphatic imine (C=N–C) groups is 1. The Kier molecular flexibility index (Phi) is 3.84. The van der Waals surface area contributed by atoms with Crippen molar-refractivity contribution in [1.29, 1.82) is 0 Å². The summed E-state index contributed by atoms with van der Waals surface area (Å²) in [4.78, 5) is 14.5. The minimum Gasteiger partial charge on any atom is -0.493 e. The van der Waals surface area contributed by atoms with Gasteiger partial charge in [0.05, 0.1) is 22.3 Å². The summed E-state index contributed by atoms with van der Waals surface area (Å²) in [7, 11) is 0. The Labute approximate surface area is 142 Å². The fourth-order valence-electron chi connectivity index (χ4n) is 2.26. The molecular formula is C17H13N4O2S. The van der Waals surface area contributed by atoms with Crippen molar-refractivity contribution >= 4 is 32.7 Å². The van der Waals surface area contributed by atoms with Crippen LogP contribution in [0.1, 0.15) is 5.56 Å². The van der Waals surface area contributed by atoms with Gasteiger partial charge < -0.3 is 9.84 Å². The zero-order chi connectivity index (χ0) is 16.4. The van der Waals surface area contributed by atoms with Crippen molar-refractivity contribution in [3.63, 3.8) is 0 Å². The fourth-order valence-corrected chi connectivity index (χ4v) is 3.20. The van der Waals surface area contributed by atoms with Crippen molar-refractivity contribution in [2.24, 2.45) is 4.99 Å². The first-order chi connectivity index (χ1) is 11.8. The molecule has 0 spiro atoms. The first-order valence-electron chi connectivity index (χ1n) is 7.29. The molecule has 1 aliphatic rings.